The van der Waals surface area contributed by atoms with Crippen LogP contribution >= 0.6 is 12.4 Å². The summed E-state index contributed by atoms with van der Waals surface area (Å²) in [6.45, 7) is 4.01. The third-order valence-corrected chi connectivity index (χ3v) is 3.44. The molecule has 0 aromatic heterocycles. The van der Waals surface area contributed by atoms with Crippen LogP contribution in [0.4, 0.5) is 0 Å². The van der Waals surface area contributed by atoms with Crippen molar-refractivity contribution >= 4 is 12.4 Å². The van der Waals surface area contributed by atoms with Gasteiger partial charge in [0.05, 0.1) is 11.6 Å². The Morgan fingerprint density at radius 1 is 1.32 bits per heavy atom. The molecule has 104 valence electrons. The van der Waals surface area contributed by atoms with E-state index in [1.807, 2.05) is 24.3 Å². The molecule has 1 atom stereocenters. The van der Waals surface area contributed by atoms with E-state index in [1.54, 1.807) is 0 Å². The predicted octanol–water partition coefficient (Wildman–Crippen LogP) is 1.31. The summed E-state index contributed by atoms with van der Waals surface area (Å²) in [6, 6.07) is 10.1. The summed E-state index contributed by atoms with van der Waals surface area (Å²) >= 11 is 0. The third kappa shape index (κ3) is 3.92. The maximum atomic E-state index is 9.27. The van der Waals surface area contributed by atoms with Crippen LogP contribution in [-0.2, 0) is 0 Å². The molecule has 0 spiro atoms. The summed E-state index contributed by atoms with van der Waals surface area (Å²) in [7, 11) is 0. The molecule has 1 fully saturated rings. The molecule has 1 aliphatic heterocycles. The molecule has 1 aromatic carbocycles. The van der Waals surface area contributed by atoms with Crippen molar-refractivity contribution < 1.29 is 5.11 Å². The first kappa shape index (κ1) is 15.9. The molecule has 0 radical (unpaired) electrons. The van der Waals surface area contributed by atoms with Gasteiger partial charge in [0.1, 0.15) is 0 Å². The summed E-state index contributed by atoms with van der Waals surface area (Å²) in [6.07, 6.45) is 0.679. The first-order chi connectivity index (χ1) is 8.86. The highest BCUT2D eigenvalue weighted by Crippen LogP contribution is 2.27. The molecule has 4 nitrogen and oxygen atoms in total. The van der Waals surface area contributed by atoms with Gasteiger partial charge in [-0.25, -0.2) is 0 Å². The van der Waals surface area contributed by atoms with Crippen molar-refractivity contribution in [3.05, 3.63) is 35.4 Å². The summed E-state index contributed by atoms with van der Waals surface area (Å²) in [5.74, 6) is 0. The number of nitrogens with zero attached hydrogens (tertiary/aromatic N) is 2. The van der Waals surface area contributed by atoms with E-state index in [1.165, 1.54) is 0 Å². The van der Waals surface area contributed by atoms with Crippen molar-refractivity contribution in [2.75, 3.05) is 32.8 Å². The number of hydrogen-bond acceptors (Lipinski definition) is 4. The van der Waals surface area contributed by atoms with E-state index in [0.29, 0.717) is 6.42 Å². The Labute approximate surface area is 120 Å². The van der Waals surface area contributed by atoms with Crippen LogP contribution in [-0.4, -0.2) is 42.8 Å². The number of hydrogen-bond donors (Lipinski definition) is 2. The molecule has 2 rings (SSSR count). The zero-order valence-corrected chi connectivity index (χ0v) is 11.7. The van der Waals surface area contributed by atoms with Gasteiger partial charge < -0.3 is 10.4 Å². The Kier molecular flexibility index (Phi) is 6.82. The second-order valence-electron chi connectivity index (χ2n) is 4.51. The molecule has 2 N–H and O–H groups in total. The number of aliphatic hydroxyl groups excluding tert-OH is 1. The lowest BCUT2D eigenvalue weighted by molar-refractivity contribution is 0.141. The van der Waals surface area contributed by atoms with Gasteiger partial charge in [0, 0.05) is 38.8 Å². The summed E-state index contributed by atoms with van der Waals surface area (Å²) in [4.78, 5) is 2.35. The van der Waals surface area contributed by atoms with Gasteiger partial charge >= 0.3 is 0 Å². The van der Waals surface area contributed by atoms with Crippen molar-refractivity contribution in [3.63, 3.8) is 0 Å². The molecule has 0 bridgehead atoms. The fourth-order valence-corrected chi connectivity index (χ4v) is 2.54. The number of nitrogens with one attached hydrogen (secondary N) is 1. The van der Waals surface area contributed by atoms with Gasteiger partial charge in [-0.1, -0.05) is 18.2 Å². The number of halogens is 1. The summed E-state index contributed by atoms with van der Waals surface area (Å²) in [5.41, 5.74) is 1.76. The van der Waals surface area contributed by atoms with Crippen LogP contribution in [0.25, 0.3) is 0 Å². The van der Waals surface area contributed by atoms with Crippen LogP contribution in [0.2, 0.25) is 0 Å². The smallest absolute Gasteiger partial charge is 0.0995 e. The molecular weight excluding hydrogens is 262 g/mol. The van der Waals surface area contributed by atoms with E-state index in [9.17, 15) is 10.4 Å². The molecular formula is C14H20ClN3O. The molecule has 1 aliphatic rings. The summed E-state index contributed by atoms with van der Waals surface area (Å²) < 4.78 is 0. The Hall–Kier alpha value is -1.12. The van der Waals surface area contributed by atoms with Gasteiger partial charge in [0.2, 0.25) is 0 Å². The van der Waals surface area contributed by atoms with Crippen molar-refractivity contribution in [1.29, 1.82) is 5.26 Å². The molecule has 5 heteroatoms. The Bertz CT molecular complexity index is 427. The molecule has 0 unspecified atom stereocenters. The Morgan fingerprint density at radius 3 is 2.63 bits per heavy atom. The molecule has 0 saturated carbocycles. The lowest BCUT2D eigenvalue weighted by Gasteiger charge is -2.35. The maximum Gasteiger partial charge on any atom is 0.0995 e. The Morgan fingerprint density at radius 2 is 2.00 bits per heavy atom. The van der Waals surface area contributed by atoms with Crippen molar-refractivity contribution in [3.8, 4) is 6.07 Å². The molecule has 1 heterocycles. The highest BCUT2D eigenvalue weighted by atomic mass is 35.5. The molecule has 0 aliphatic carbocycles. The zero-order chi connectivity index (χ0) is 12.8. The molecule has 0 amide bonds. The van der Waals surface area contributed by atoms with E-state index >= 15 is 0 Å². The standard InChI is InChI=1S/C14H19N3O.ClH/c15-11-12-3-1-2-4-13(12)14(5-10-18)17-8-6-16-7-9-17;/h1-4,14,16,18H,5-10H2;1H/t14-;/m1./s1. The van der Waals surface area contributed by atoms with Gasteiger partial charge in [-0.05, 0) is 18.1 Å². The normalized spacial score (nSPS) is 17.3. The average Bonchev–Trinajstić information content (AvgIpc) is 2.46. The van der Waals surface area contributed by atoms with Gasteiger partial charge in [-0.3, -0.25) is 4.90 Å². The Balaban J connectivity index is 0.00000180. The fourth-order valence-electron chi connectivity index (χ4n) is 2.54. The number of rotatable bonds is 4. The van der Waals surface area contributed by atoms with Crippen LogP contribution in [0, 0.1) is 11.3 Å². The highest BCUT2D eigenvalue weighted by Gasteiger charge is 2.23. The van der Waals surface area contributed by atoms with E-state index in [4.69, 9.17) is 0 Å². The van der Waals surface area contributed by atoms with Crippen LogP contribution in [0.1, 0.15) is 23.6 Å². The molecule has 1 saturated heterocycles. The van der Waals surface area contributed by atoms with Crippen molar-refractivity contribution in [1.82, 2.24) is 10.2 Å². The van der Waals surface area contributed by atoms with Crippen LogP contribution in [0.15, 0.2) is 24.3 Å². The lowest BCUT2D eigenvalue weighted by atomic mass is 9.97. The van der Waals surface area contributed by atoms with Crippen LogP contribution in [0.5, 0.6) is 0 Å². The van der Waals surface area contributed by atoms with E-state index in [2.05, 4.69) is 16.3 Å². The molecule has 19 heavy (non-hydrogen) atoms. The predicted molar refractivity (Wildman–Crippen MR) is 77.3 cm³/mol. The highest BCUT2D eigenvalue weighted by molar-refractivity contribution is 5.85. The van der Waals surface area contributed by atoms with E-state index < -0.39 is 0 Å². The number of benzene rings is 1. The van der Waals surface area contributed by atoms with Crippen LogP contribution < -0.4 is 5.32 Å². The van der Waals surface area contributed by atoms with Gasteiger partial charge in [-0.15, -0.1) is 12.4 Å². The monoisotopic (exact) mass is 281 g/mol. The second kappa shape index (κ2) is 8.13. The maximum absolute atomic E-state index is 9.27. The van der Waals surface area contributed by atoms with Gasteiger partial charge in [0.25, 0.3) is 0 Å². The topological polar surface area (TPSA) is 59.3 Å². The third-order valence-electron chi connectivity index (χ3n) is 3.44. The fraction of sp³-hybridized carbons (Fsp3) is 0.500. The lowest BCUT2D eigenvalue weighted by Crippen LogP contribution is -2.45. The zero-order valence-electron chi connectivity index (χ0n) is 10.9. The minimum Gasteiger partial charge on any atom is -0.396 e. The first-order valence-electron chi connectivity index (χ1n) is 6.41. The number of piperazine rings is 1. The summed E-state index contributed by atoms with van der Waals surface area (Å²) in [5, 5.41) is 21.8. The van der Waals surface area contributed by atoms with E-state index in [0.717, 1.165) is 37.3 Å². The second-order valence-corrected chi connectivity index (χ2v) is 4.51. The van der Waals surface area contributed by atoms with Crippen molar-refractivity contribution in [2.45, 2.75) is 12.5 Å². The molecule has 1 aromatic rings. The quantitative estimate of drug-likeness (QED) is 0.874. The number of aliphatic hydroxyl groups is 1. The minimum atomic E-state index is 0. The largest absolute Gasteiger partial charge is 0.396 e. The SMILES string of the molecule is Cl.N#Cc1ccccc1[C@@H](CCO)N1CCNCC1. The van der Waals surface area contributed by atoms with Gasteiger partial charge in [-0.2, -0.15) is 5.26 Å². The van der Waals surface area contributed by atoms with E-state index in [-0.39, 0.29) is 25.1 Å². The number of nitriles is 1. The van der Waals surface area contributed by atoms with Gasteiger partial charge in [0.15, 0.2) is 0 Å². The average molecular weight is 282 g/mol. The minimum absolute atomic E-state index is 0. The first-order valence-corrected chi connectivity index (χ1v) is 6.41. The van der Waals surface area contributed by atoms with Crippen LogP contribution in [0.3, 0.4) is 0 Å². The van der Waals surface area contributed by atoms with Crippen molar-refractivity contribution in [2.24, 2.45) is 0 Å².